The summed E-state index contributed by atoms with van der Waals surface area (Å²) in [6, 6.07) is 9.02. The zero-order chi connectivity index (χ0) is 13.8. The minimum absolute atomic E-state index is 0.131. The smallest absolute Gasteiger partial charge is 0.0775 e. The minimum Gasteiger partial charge on any atom is -0.379 e. The van der Waals surface area contributed by atoms with Crippen molar-refractivity contribution in [3.63, 3.8) is 0 Å². The highest BCUT2D eigenvalue weighted by atomic mass is 16.5. The lowest BCUT2D eigenvalue weighted by atomic mass is 9.82. The van der Waals surface area contributed by atoms with Crippen LogP contribution in [0.25, 0.3) is 0 Å². The third kappa shape index (κ3) is 4.11. The first kappa shape index (κ1) is 15.2. The Kier molecular flexibility index (Phi) is 5.36. The number of methoxy groups -OCH3 is 1. The largest absolute Gasteiger partial charge is 0.379 e. The molecule has 0 bridgehead atoms. The van der Waals surface area contributed by atoms with E-state index in [1.165, 1.54) is 11.1 Å². The molecule has 0 fully saturated rings. The van der Waals surface area contributed by atoms with Crippen LogP contribution in [0.15, 0.2) is 24.3 Å². The fourth-order valence-electron chi connectivity index (χ4n) is 2.57. The van der Waals surface area contributed by atoms with Crippen molar-refractivity contribution >= 4 is 0 Å². The molecule has 0 aliphatic heterocycles. The van der Waals surface area contributed by atoms with Gasteiger partial charge in [-0.3, -0.25) is 0 Å². The summed E-state index contributed by atoms with van der Waals surface area (Å²) in [7, 11) is 3.81. The monoisotopic (exact) mass is 249 g/mol. The quantitative estimate of drug-likeness (QED) is 0.865. The predicted molar refractivity (Wildman–Crippen MR) is 78.0 cm³/mol. The summed E-state index contributed by atoms with van der Waals surface area (Å²) in [5, 5.41) is 3.40. The van der Waals surface area contributed by atoms with Gasteiger partial charge in [-0.25, -0.2) is 0 Å². The van der Waals surface area contributed by atoms with Crippen molar-refractivity contribution in [2.24, 2.45) is 5.41 Å². The van der Waals surface area contributed by atoms with E-state index in [0.29, 0.717) is 6.04 Å². The van der Waals surface area contributed by atoms with E-state index in [1.807, 2.05) is 7.05 Å². The first-order valence-corrected chi connectivity index (χ1v) is 6.64. The van der Waals surface area contributed by atoms with E-state index >= 15 is 0 Å². The van der Waals surface area contributed by atoms with Crippen LogP contribution in [0.1, 0.15) is 31.9 Å². The highest BCUT2D eigenvalue weighted by molar-refractivity contribution is 5.23. The Hall–Kier alpha value is -0.860. The molecule has 0 saturated carbocycles. The second kappa shape index (κ2) is 6.35. The molecule has 1 N–H and O–H groups in total. The second-order valence-electron chi connectivity index (χ2n) is 6.11. The highest BCUT2D eigenvalue weighted by Crippen LogP contribution is 2.26. The summed E-state index contributed by atoms with van der Waals surface area (Å²) < 4.78 is 5.71. The average Bonchev–Trinajstić information content (AvgIpc) is 2.26. The van der Waals surface area contributed by atoms with Crippen LogP contribution in [-0.4, -0.2) is 26.3 Å². The Morgan fingerprint density at radius 3 is 2.39 bits per heavy atom. The second-order valence-corrected chi connectivity index (χ2v) is 6.11. The normalized spacial score (nSPS) is 15.4. The van der Waals surface area contributed by atoms with Gasteiger partial charge in [-0.1, -0.05) is 50.6 Å². The van der Waals surface area contributed by atoms with Gasteiger partial charge in [0.2, 0.25) is 0 Å². The summed E-state index contributed by atoms with van der Waals surface area (Å²) >= 11 is 0. The number of rotatable bonds is 5. The van der Waals surface area contributed by atoms with Gasteiger partial charge < -0.3 is 10.1 Å². The van der Waals surface area contributed by atoms with Crippen LogP contribution in [0.3, 0.4) is 0 Å². The Labute approximate surface area is 112 Å². The van der Waals surface area contributed by atoms with Crippen LogP contribution in [0, 0.1) is 12.3 Å². The molecule has 0 aliphatic rings. The van der Waals surface area contributed by atoms with Crippen molar-refractivity contribution in [3.05, 3.63) is 35.4 Å². The molecule has 2 heteroatoms. The molecule has 2 atom stereocenters. The lowest BCUT2D eigenvalue weighted by Gasteiger charge is -2.36. The number of likely N-dealkylation sites (N-methyl/N-ethyl adjacent to an activating group) is 1. The van der Waals surface area contributed by atoms with Gasteiger partial charge in [-0.05, 0) is 31.4 Å². The fourth-order valence-corrected chi connectivity index (χ4v) is 2.57. The lowest BCUT2D eigenvalue weighted by molar-refractivity contribution is -0.00921. The SMILES string of the molecule is CNC(Cc1cccc(C)c1)C(OC)C(C)(C)C. The molecular weight excluding hydrogens is 222 g/mol. The van der Waals surface area contributed by atoms with E-state index in [-0.39, 0.29) is 11.5 Å². The van der Waals surface area contributed by atoms with Gasteiger partial charge in [0.1, 0.15) is 0 Å². The molecular formula is C16H27NO. The van der Waals surface area contributed by atoms with E-state index in [2.05, 4.69) is 57.3 Å². The summed E-state index contributed by atoms with van der Waals surface area (Å²) in [6.45, 7) is 8.81. The predicted octanol–water partition coefficient (Wildman–Crippen LogP) is 3.19. The molecule has 0 radical (unpaired) electrons. The maximum atomic E-state index is 5.71. The Balaban J connectivity index is 2.84. The molecule has 2 nitrogen and oxygen atoms in total. The summed E-state index contributed by atoms with van der Waals surface area (Å²) in [5.41, 5.74) is 2.81. The van der Waals surface area contributed by atoms with Crippen LogP contribution < -0.4 is 5.32 Å². The molecule has 1 aromatic carbocycles. The molecule has 1 rings (SSSR count). The first-order valence-electron chi connectivity index (χ1n) is 6.64. The van der Waals surface area contributed by atoms with Crippen molar-refractivity contribution in [1.29, 1.82) is 0 Å². The van der Waals surface area contributed by atoms with E-state index in [0.717, 1.165) is 6.42 Å². The van der Waals surface area contributed by atoms with Crippen molar-refractivity contribution < 1.29 is 4.74 Å². The van der Waals surface area contributed by atoms with Crippen molar-refractivity contribution in [2.75, 3.05) is 14.2 Å². The fraction of sp³-hybridized carbons (Fsp3) is 0.625. The molecule has 0 aliphatic carbocycles. The Morgan fingerprint density at radius 1 is 1.28 bits per heavy atom. The molecule has 0 saturated heterocycles. The van der Waals surface area contributed by atoms with Gasteiger partial charge >= 0.3 is 0 Å². The van der Waals surface area contributed by atoms with Gasteiger partial charge in [-0.2, -0.15) is 0 Å². The third-order valence-corrected chi connectivity index (χ3v) is 3.38. The number of benzene rings is 1. The maximum Gasteiger partial charge on any atom is 0.0775 e. The molecule has 2 unspecified atom stereocenters. The molecule has 0 spiro atoms. The van der Waals surface area contributed by atoms with Crippen molar-refractivity contribution in [2.45, 2.75) is 46.3 Å². The van der Waals surface area contributed by atoms with Crippen LogP contribution in [0.5, 0.6) is 0 Å². The molecule has 0 aromatic heterocycles. The number of aryl methyl sites for hydroxylation is 1. The summed E-state index contributed by atoms with van der Waals surface area (Å²) in [4.78, 5) is 0. The van der Waals surface area contributed by atoms with Crippen LogP contribution in [0.4, 0.5) is 0 Å². The van der Waals surface area contributed by atoms with Crippen LogP contribution in [-0.2, 0) is 11.2 Å². The van der Waals surface area contributed by atoms with Crippen molar-refractivity contribution in [3.8, 4) is 0 Å². The number of ether oxygens (including phenoxy) is 1. The van der Waals surface area contributed by atoms with Crippen LogP contribution in [0.2, 0.25) is 0 Å². The van der Waals surface area contributed by atoms with Gasteiger partial charge in [-0.15, -0.1) is 0 Å². The number of nitrogens with one attached hydrogen (secondary N) is 1. The van der Waals surface area contributed by atoms with Gasteiger partial charge in [0.25, 0.3) is 0 Å². The number of hydrogen-bond donors (Lipinski definition) is 1. The molecule has 0 heterocycles. The molecule has 0 amide bonds. The van der Waals surface area contributed by atoms with E-state index in [9.17, 15) is 0 Å². The Morgan fingerprint density at radius 2 is 1.94 bits per heavy atom. The molecule has 18 heavy (non-hydrogen) atoms. The van der Waals surface area contributed by atoms with E-state index in [4.69, 9.17) is 4.74 Å². The topological polar surface area (TPSA) is 21.3 Å². The number of hydrogen-bond acceptors (Lipinski definition) is 2. The highest BCUT2D eigenvalue weighted by Gasteiger charge is 2.31. The van der Waals surface area contributed by atoms with E-state index in [1.54, 1.807) is 7.11 Å². The summed E-state index contributed by atoms with van der Waals surface area (Å²) in [5.74, 6) is 0. The average molecular weight is 249 g/mol. The van der Waals surface area contributed by atoms with Gasteiger partial charge in [0.15, 0.2) is 0 Å². The van der Waals surface area contributed by atoms with Gasteiger partial charge in [0, 0.05) is 13.2 Å². The van der Waals surface area contributed by atoms with E-state index < -0.39 is 0 Å². The minimum atomic E-state index is 0.131. The standard InChI is InChI=1S/C16H27NO/c1-12-8-7-9-13(10-12)11-14(17-5)15(18-6)16(2,3)4/h7-10,14-15,17H,11H2,1-6H3. The van der Waals surface area contributed by atoms with Gasteiger partial charge in [0.05, 0.1) is 6.10 Å². The lowest BCUT2D eigenvalue weighted by Crippen LogP contribution is -2.47. The summed E-state index contributed by atoms with van der Waals surface area (Å²) in [6.07, 6.45) is 1.19. The zero-order valence-corrected chi connectivity index (χ0v) is 12.6. The third-order valence-electron chi connectivity index (χ3n) is 3.38. The molecule has 1 aromatic rings. The molecule has 102 valence electrons. The first-order chi connectivity index (χ1) is 8.38. The zero-order valence-electron chi connectivity index (χ0n) is 12.6. The Bertz CT molecular complexity index is 368. The van der Waals surface area contributed by atoms with Crippen molar-refractivity contribution in [1.82, 2.24) is 5.32 Å². The van der Waals surface area contributed by atoms with Crippen LogP contribution >= 0.6 is 0 Å². The maximum absolute atomic E-state index is 5.71.